The summed E-state index contributed by atoms with van der Waals surface area (Å²) < 4.78 is 0. The Bertz CT molecular complexity index is 632. The van der Waals surface area contributed by atoms with Crippen molar-refractivity contribution in [2.75, 3.05) is 11.5 Å². The molecule has 2 atom stereocenters. The monoisotopic (exact) mass is 306 g/mol. The van der Waals surface area contributed by atoms with Gasteiger partial charge in [-0.05, 0) is 12.0 Å². The Morgan fingerprint density at radius 3 is 2.71 bits per heavy atom. The highest BCUT2D eigenvalue weighted by Gasteiger charge is 2.16. The van der Waals surface area contributed by atoms with Gasteiger partial charge in [-0.3, -0.25) is 4.79 Å². The van der Waals surface area contributed by atoms with E-state index in [-0.39, 0.29) is 17.4 Å². The zero-order valence-corrected chi connectivity index (χ0v) is 12.2. The van der Waals surface area contributed by atoms with Crippen LogP contribution in [0.4, 0.5) is 5.82 Å². The molecule has 0 aliphatic rings. The number of aliphatic hydroxyl groups is 1. The van der Waals surface area contributed by atoms with Crippen molar-refractivity contribution in [3.8, 4) is 0 Å². The number of benzene rings is 1. The number of rotatable bonds is 6. The van der Waals surface area contributed by atoms with Gasteiger partial charge in [-0.2, -0.15) is 0 Å². The number of nitrogens with two attached hydrogens (primary N) is 2. The molecule has 0 spiro atoms. The molecule has 0 radical (unpaired) electrons. The smallest absolute Gasteiger partial charge is 0.253 e. The number of aromatic amines is 1. The predicted octanol–water partition coefficient (Wildman–Crippen LogP) is 0.375. The van der Waals surface area contributed by atoms with Crippen LogP contribution in [0.25, 0.3) is 0 Å². The zero-order valence-electron chi connectivity index (χ0n) is 11.4. The van der Waals surface area contributed by atoms with E-state index in [0.717, 1.165) is 5.56 Å². The van der Waals surface area contributed by atoms with Crippen LogP contribution in [0.5, 0.6) is 0 Å². The third-order valence-corrected chi connectivity index (χ3v) is 3.91. The van der Waals surface area contributed by atoms with Crippen LogP contribution >= 0.6 is 11.8 Å². The first kappa shape index (κ1) is 15.6. The Balaban J connectivity index is 1.89. The van der Waals surface area contributed by atoms with Crippen molar-refractivity contribution in [3.63, 3.8) is 0 Å². The summed E-state index contributed by atoms with van der Waals surface area (Å²) in [6.45, 7) is 0. The minimum absolute atomic E-state index is 0.157. The number of anilines is 1. The molecular formula is C14H18N4O2S. The van der Waals surface area contributed by atoms with Crippen LogP contribution in [-0.2, 0) is 6.42 Å². The number of hydrogen-bond donors (Lipinski definition) is 4. The van der Waals surface area contributed by atoms with E-state index in [1.165, 1.54) is 17.8 Å². The Hall–Kier alpha value is -1.83. The van der Waals surface area contributed by atoms with Gasteiger partial charge in [0.2, 0.25) is 0 Å². The van der Waals surface area contributed by atoms with Gasteiger partial charge in [-0.15, -0.1) is 0 Å². The van der Waals surface area contributed by atoms with E-state index in [9.17, 15) is 9.90 Å². The fourth-order valence-corrected chi connectivity index (χ4v) is 2.75. The zero-order chi connectivity index (χ0) is 15.2. The lowest BCUT2D eigenvalue weighted by atomic mass is 10.0. The average Bonchev–Trinajstić information content (AvgIpc) is 2.44. The van der Waals surface area contributed by atoms with Crippen LogP contribution in [0.1, 0.15) is 5.56 Å². The second-order valence-corrected chi connectivity index (χ2v) is 5.72. The molecule has 1 aromatic carbocycles. The number of aromatic nitrogens is 2. The molecule has 0 saturated heterocycles. The molecule has 1 aromatic heterocycles. The maximum absolute atomic E-state index is 11.3. The van der Waals surface area contributed by atoms with Gasteiger partial charge in [-0.1, -0.05) is 42.1 Å². The molecule has 0 amide bonds. The number of H-pyrrole nitrogens is 1. The summed E-state index contributed by atoms with van der Waals surface area (Å²) in [5.41, 5.74) is 12.3. The van der Waals surface area contributed by atoms with Crippen LogP contribution in [0, 0.1) is 0 Å². The van der Waals surface area contributed by atoms with Crippen molar-refractivity contribution in [2.24, 2.45) is 5.73 Å². The first-order chi connectivity index (χ1) is 10.0. The average molecular weight is 306 g/mol. The highest BCUT2D eigenvalue weighted by molar-refractivity contribution is 7.99. The van der Waals surface area contributed by atoms with Crippen LogP contribution < -0.4 is 17.0 Å². The normalized spacial score (nSPS) is 13.8. The lowest BCUT2D eigenvalue weighted by Crippen LogP contribution is -2.38. The molecule has 1 heterocycles. The Kier molecular flexibility index (Phi) is 5.38. The van der Waals surface area contributed by atoms with Crippen molar-refractivity contribution >= 4 is 17.6 Å². The SMILES string of the molecule is Nc1cc(=O)[nH]c(SCC(O)C(N)Cc2ccccc2)n1. The first-order valence-electron chi connectivity index (χ1n) is 6.52. The summed E-state index contributed by atoms with van der Waals surface area (Å²) in [7, 11) is 0. The minimum atomic E-state index is -0.707. The fourth-order valence-electron chi connectivity index (χ4n) is 1.83. The Morgan fingerprint density at radius 2 is 2.05 bits per heavy atom. The van der Waals surface area contributed by atoms with Gasteiger partial charge in [0, 0.05) is 17.9 Å². The molecule has 0 bridgehead atoms. The minimum Gasteiger partial charge on any atom is -0.391 e. The maximum atomic E-state index is 11.3. The third-order valence-electron chi connectivity index (χ3n) is 2.94. The molecule has 6 nitrogen and oxygen atoms in total. The van der Waals surface area contributed by atoms with E-state index >= 15 is 0 Å². The second kappa shape index (κ2) is 7.26. The van der Waals surface area contributed by atoms with E-state index in [2.05, 4.69) is 9.97 Å². The van der Waals surface area contributed by atoms with Crippen molar-refractivity contribution in [3.05, 3.63) is 52.3 Å². The molecule has 2 rings (SSSR count). The maximum Gasteiger partial charge on any atom is 0.253 e. The van der Waals surface area contributed by atoms with Crippen molar-refractivity contribution in [1.82, 2.24) is 9.97 Å². The van der Waals surface area contributed by atoms with Gasteiger partial charge in [-0.25, -0.2) is 4.98 Å². The molecule has 2 unspecified atom stereocenters. The summed E-state index contributed by atoms with van der Waals surface area (Å²) in [6.07, 6.45) is -0.120. The molecule has 6 N–H and O–H groups in total. The fraction of sp³-hybridized carbons (Fsp3) is 0.286. The van der Waals surface area contributed by atoms with Gasteiger partial charge >= 0.3 is 0 Å². The lowest BCUT2D eigenvalue weighted by Gasteiger charge is -2.18. The Labute approximate surface area is 126 Å². The number of nitrogen functional groups attached to an aromatic ring is 1. The van der Waals surface area contributed by atoms with Gasteiger partial charge in [0.25, 0.3) is 5.56 Å². The van der Waals surface area contributed by atoms with Gasteiger partial charge in [0.05, 0.1) is 6.10 Å². The number of nitrogens with zero attached hydrogens (tertiary/aromatic N) is 1. The topological polar surface area (TPSA) is 118 Å². The van der Waals surface area contributed by atoms with E-state index in [0.29, 0.717) is 17.3 Å². The van der Waals surface area contributed by atoms with E-state index in [1.807, 2.05) is 30.3 Å². The quantitative estimate of drug-likeness (QED) is 0.452. The van der Waals surface area contributed by atoms with Crippen LogP contribution in [-0.4, -0.2) is 33.0 Å². The molecule has 7 heteroatoms. The summed E-state index contributed by atoms with van der Waals surface area (Å²) in [5, 5.41) is 10.5. The number of hydrogen-bond acceptors (Lipinski definition) is 6. The standard InChI is InChI=1S/C14H18N4O2S/c15-10(6-9-4-2-1-3-5-9)11(19)8-21-14-17-12(16)7-13(20)18-14/h1-5,7,10-11,19H,6,8,15H2,(H3,16,17,18,20). The summed E-state index contributed by atoms with van der Waals surface area (Å²) in [6, 6.07) is 10.6. The van der Waals surface area contributed by atoms with Crippen molar-refractivity contribution in [1.29, 1.82) is 0 Å². The van der Waals surface area contributed by atoms with Gasteiger partial charge in [0.1, 0.15) is 5.82 Å². The molecule has 0 aliphatic heterocycles. The highest BCUT2D eigenvalue weighted by Crippen LogP contribution is 2.15. The van der Waals surface area contributed by atoms with Crippen molar-refractivity contribution in [2.45, 2.75) is 23.7 Å². The summed E-state index contributed by atoms with van der Waals surface area (Å²) in [4.78, 5) is 17.8. The molecule has 21 heavy (non-hydrogen) atoms. The molecular weight excluding hydrogens is 288 g/mol. The number of aliphatic hydroxyl groups excluding tert-OH is 1. The van der Waals surface area contributed by atoms with E-state index in [1.54, 1.807) is 0 Å². The van der Waals surface area contributed by atoms with Crippen LogP contribution in [0.2, 0.25) is 0 Å². The van der Waals surface area contributed by atoms with E-state index in [4.69, 9.17) is 11.5 Å². The van der Waals surface area contributed by atoms with Gasteiger partial charge in [0.15, 0.2) is 5.16 Å². The molecule has 0 fully saturated rings. The first-order valence-corrected chi connectivity index (χ1v) is 7.50. The van der Waals surface area contributed by atoms with Gasteiger partial charge < -0.3 is 21.6 Å². The molecule has 0 aliphatic carbocycles. The van der Waals surface area contributed by atoms with Crippen molar-refractivity contribution < 1.29 is 5.11 Å². The second-order valence-electron chi connectivity index (χ2n) is 4.71. The lowest BCUT2D eigenvalue weighted by molar-refractivity contribution is 0.167. The summed E-state index contributed by atoms with van der Waals surface area (Å²) in [5.74, 6) is 0.491. The molecule has 2 aromatic rings. The van der Waals surface area contributed by atoms with E-state index < -0.39 is 6.10 Å². The Morgan fingerprint density at radius 1 is 1.33 bits per heavy atom. The summed E-state index contributed by atoms with van der Waals surface area (Å²) >= 11 is 1.22. The largest absolute Gasteiger partial charge is 0.391 e. The predicted molar refractivity (Wildman–Crippen MR) is 84.1 cm³/mol. The number of thioether (sulfide) groups is 1. The molecule has 0 saturated carbocycles. The highest BCUT2D eigenvalue weighted by atomic mass is 32.2. The number of nitrogens with one attached hydrogen (secondary N) is 1. The molecule has 112 valence electrons. The van der Waals surface area contributed by atoms with Crippen LogP contribution in [0.15, 0.2) is 46.3 Å². The van der Waals surface area contributed by atoms with Crippen LogP contribution in [0.3, 0.4) is 0 Å². The third kappa shape index (κ3) is 4.89.